The molecule has 3 aromatic carbocycles. The van der Waals surface area contributed by atoms with Crippen LogP contribution in [-0.2, 0) is 0 Å². The predicted molar refractivity (Wildman–Crippen MR) is 126 cm³/mol. The van der Waals surface area contributed by atoms with Crippen molar-refractivity contribution in [2.45, 2.75) is 6.92 Å². The van der Waals surface area contributed by atoms with E-state index in [1.165, 1.54) is 0 Å². The van der Waals surface area contributed by atoms with E-state index < -0.39 is 5.91 Å². The molecule has 156 valence electrons. The van der Waals surface area contributed by atoms with Crippen LogP contribution < -0.4 is 5.32 Å². The van der Waals surface area contributed by atoms with Crippen molar-refractivity contribution in [1.29, 1.82) is 0 Å². The molecule has 0 saturated carbocycles. The maximum atomic E-state index is 12.9. The molecule has 4 rings (SSSR count). The first kappa shape index (κ1) is 21.7. The number of anilines is 1. The zero-order chi connectivity index (χ0) is 22.1. The number of aryl methyl sites for hydroxylation is 1. The molecule has 0 unspecified atom stereocenters. The molecule has 1 heterocycles. The van der Waals surface area contributed by atoms with E-state index in [1.807, 2.05) is 25.1 Å². The first-order chi connectivity index (χ1) is 14.8. The normalized spacial score (nSPS) is 10.9. The van der Waals surface area contributed by atoms with Gasteiger partial charge in [-0.2, -0.15) is 0 Å². The van der Waals surface area contributed by atoms with E-state index in [4.69, 9.17) is 46.4 Å². The number of benzene rings is 3. The second-order valence-corrected chi connectivity index (χ2v) is 8.38. The topological polar surface area (TPSA) is 59.8 Å². The van der Waals surface area contributed by atoms with Crippen LogP contribution >= 0.6 is 46.4 Å². The van der Waals surface area contributed by atoms with Crippen molar-refractivity contribution < 1.29 is 4.79 Å². The molecule has 1 N–H and O–H groups in total. The lowest BCUT2D eigenvalue weighted by molar-refractivity contribution is 0.101. The fraction of sp³-hybridized carbons (Fsp3) is 0.0455. The smallest absolute Gasteiger partial charge is 0.295 e. The third-order valence-electron chi connectivity index (χ3n) is 4.49. The number of carbonyl (C=O) groups is 1. The van der Waals surface area contributed by atoms with Gasteiger partial charge in [0, 0.05) is 21.3 Å². The summed E-state index contributed by atoms with van der Waals surface area (Å²) in [5, 5.41) is 9.05. The monoisotopic (exact) mass is 490 g/mol. The zero-order valence-electron chi connectivity index (χ0n) is 16.0. The third-order valence-corrected chi connectivity index (χ3v) is 5.72. The van der Waals surface area contributed by atoms with E-state index in [9.17, 15) is 4.79 Å². The Labute approximate surface area is 198 Å². The van der Waals surface area contributed by atoms with E-state index in [1.54, 1.807) is 47.1 Å². The highest BCUT2D eigenvalue weighted by Crippen LogP contribution is 2.28. The van der Waals surface area contributed by atoms with Gasteiger partial charge in [0.2, 0.25) is 5.82 Å². The summed E-state index contributed by atoms with van der Waals surface area (Å²) in [6, 6.07) is 17.3. The SMILES string of the molecule is Cc1ccc(Cl)cc1-n1nc(C(=O)Nc2ccc(Cl)c(Cl)c2)nc1-c1ccc(Cl)cc1. The Morgan fingerprint density at radius 2 is 1.58 bits per heavy atom. The number of nitrogens with zero attached hydrogens (tertiary/aromatic N) is 3. The van der Waals surface area contributed by atoms with Crippen LogP contribution in [0.1, 0.15) is 16.2 Å². The molecule has 1 amide bonds. The van der Waals surface area contributed by atoms with Crippen LogP contribution in [0.15, 0.2) is 60.7 Å². The molecule has 0 fully saturated rings. The van der Waals surface area contributed by atoms with E-state index in [0.29, 0.717) is 37.3 Å². The van der Waals surface area contributed by atoms with E-state index in [2.05, 4.69) is 15.4 Å². The van der Waals surface area contributed by atoms with Crippen LogP contribution in [0.2, 0.25) is 20.1 Å². The van der Waals surface area contributed by atoms with Gasteiger partial charge >= 0.3 is 0 Å². The largest absolute Gasteiger partial charge is 0.319 e. The maximum Gasteiger partial charge on any atom is 0.295 e. The summed E-state index contributed by atoms with van der Waals surface area (Å²) in [5.74, 6) is -0.0382. The highest BCUT2D eigenvalue weighted by atomic mass is 35.5. The number of nitrogens with one attached hydrogen (secondary N) is 1. The fourth-order valence-electron chi connectivity index (χ4n) is 2.93. The molecule has 0 spiro atoms. The molecule has 0 aliphatic heterocycles. The van der Waals surface area contributed by atoms with Crippen molar-refractivity contribution in [3.05, 3.63) is 92.1 Å². The summed E-state index contributed by atoms with van der Waals surface area (Å²) in [6.45, 7) is 1.93. The van der Waals surface area contributed by atoms with Crippen molar-refractivity contribution in [2.75, 3.05) is 5.32 Å². The molecule has 31 heavy (non-hydrogen) atoms. The zero-order valence-corrected chi connectivity index (χ0v) is 19.1. The van der Waals surface area contributed by atoms with Crippen LogP contribution in [0.3, 0.4) is 0 Å². The Bertz CT molecular complexity index is 1290. The van der Waals surface area contributed by atoms with Gasteiger partial charge in [0.05, 0.1) is 15.7 Å². The molecule has 9 heteroatoms. The van der Waals surface area contributed by atoms with Crippen molar-refractivity contribution in [2.24, 2.45) is 0 Å². The number of rotatable bonds is 4. The second kappa shape index (κ2) is 8.89. The Morgan fingerprint density at radius 1 is 0.871 bits per heavy atom. The van der Waals surface area contributed by atoms with Crippen molar-refractivity contribution in [3.8, 4) is 17.1 Å². The standard InChI is InChI=1S/C22H14Cl4N4O/c1-12-2-5-15(24)10-19(12)30-21(13-3-6-14(23)7-4-13)28-20(29-30)22(31)27-16-8-9-17(25)18(26)11-16/h2-11H,1H3,(H,27,31). The van der Waals surface area contributed by atoms with Gasteiger partial charge in [0.25, 0.3) is 5.91 Å². The Balaban J connectivity index is 1.78. The van der Waals surface area contributed by atoms with Gasteiger partial charge in [-0.3, -0.25) is 4.79 Å². The minimum atomic E-state index is -0.493. The molecule has 0 aliphatic rings. The molecule has 0 radical (unpaired) electrons. The highest BCUT2D eigenvalue weighted by Gasteiger charge is 2.20. The maximum absolute atomic E-state index is 12.9. The van der Waals surface area contributed by atoms with Gasteiger partial charge in [0.15, 0.2) is 5.82 Å². The van der Waals surface area contributed by atoms with Gasteiger partial charge in [-0.05, 0) is 67.1 Å². The number of aromatic nitrogens is 3. The minimum Gasteiger partial charge on any atom is -0.319 e. The van der Waals surface area contributed by atoms with Gasteiger partial charge in [-0.25, -0.2) is 9.67 Å². The molecule has 0 atom stereocenters. The van der Waals surface area contributed by atoms with Crippen molar-refractivity contribution in [1.82, 2.24) is 14.8 Å². The van der Waals surface area contributed by atoms with Crippen molar-refractivity contribution in [3.63, 3.8) is 0 Å². The molecule has 4 aromatic rings. The van der Waals surface area contributed by atoms with E-state index in [0.717, 1.165) is 11.1 Å². The third kappa shape index (κ3) is 4.70. The number of carbonyl (C=O) groups excluding carboxylic acids is 1. The first-order valence-electron chi connectivity index (χ1n) is 9.08. The number of amides is 1. The van der Waals surface area contributed by atoms with E-state index in [-0.39, 0.29) is 5.82 Å². The van der Waals surface area contributed by atoms with Gasteiger partial charge in [-0.1, -0.05) is 52.5 Å². The fourth-order valence-corrected chi connectivity index (χ4v) is 3.52. The Morgan fingerprint density at radius 3 is 2.29 bits per heavy atom. The number of halogens is 4. The molecular formula is C22H14Cl4N4O. The van der Waals surface area contributed by atoms with Gasteiger partial charge < -0.3 is 5.32 Å². The molecular weight excluding hydrogens is 478 g/mol. The van der Waals surface area contributed by atoms with Gasteiger partial charge in [0.1, 0.15) is 0 Å². The molecule has 0 saturated heterocycles. The molecule has 5 nitrogen and oxygen atoms in total. The molecule has 0 aliphatic carbocycles. The average molecular weight is 492 g/mol. The summed E-state index contributed by atoms with van der Waals surface area (Å²) >= 11 is 24.2. The summed E-state index contributed by atoms with van der Waals surface area (Å²) in [5.41, 5.74) is 2.84. The summed E-state index contributed by atoms with van der Waals surface area (Å²) in [6.07, 6.45) is 0. The Kier molecular flexibility index (Phi) is 6.21. The van der Waals surface area contributed by atoms with Gasteiger partial charge in [-0.15, -0.1) is 5.10 Å². The first-order valence-corrected chi connectivity index (χ1v) is 10.6. The van der Waals surface area contributed by atoms with E-state index >= 15 is 0 Å². The lowest BCUT2D eigenvalue weighted by atomic mass is 10.2. The second-order valence-electron chi connectivity index (χ2n) is 6.69. The summed E-state index contributed by atoms with van der Waals surface area (Å²) in [7, 11) is 0. The molecule has 0 bridgehead atoms. The lowest BCUT2D eigenvalue weighted by Crippen LogP contribution is -2.14. The quantitative estimate of drug-likeness (QED) is 0.331. The van der Waals surface area contributed by atoms with Crippen LogP contribution in [0.4, 0.5) is 5.69 Å². The number of hydrogen-bond donors (Lipinski definition) is 1. The summed E-state index contributed by atoms with van der Waals surface area (Å²) < 4.78 is 1.59. The predicted octanol–water partition coefficient (Wildman–Crippen LogP) is 7.11. The van der Waals surface area contributed by atoms with Crippen LogP contribution in [0, 0.1) is 6.92 Å². The highest BCUT2D eigenvalue weighted by molar-refractivity contribution is 6.42. The average Bonchev–Trinajstić information content (AvgIpc) is 3.18. The van der Waals surface area contributed by atoms with Crippen LogP contribution in [0.25, 0.3) is 17.1 Å². The van der Waals surface area contributed by atoms with Crippen LogP contribution in [0.5, 0.6) is 0 Å². The molecule has 1 aromatic heterocycles. The number of hydrogen-bond acceptors (Lipinski definition) is 3. The summed E-state index contributed by atoms with van der Waals surface area (Å²) in [4.78, 5) is 17.4. The lowest BCUT2D eigenvalue weighted by Gasteiger charge is -2.09. The van der Waals surface area contributed by atoms with Crippen molar-refractivity contribution >= 4 is 58.0 Å². The minimum absolute atomic E-state index is 0.0182. The van der Waals surface area contributed by atoms with Crippen LogP contribution in [-0.4, -0.2) is 20.7 Å². The Hall–Kier alpha value is -2.57.